The number of hydrogen-bond acceptors (Lipinski definition) is 2. The lowest BCUT2D eigenvalue weighted by molar-refractivity contribution is -0.136. The number of nitrogens with zero attached hydrogens (tertiary/aromatic N) is 2. The first-order valence-corrected chi connectivity index (χ1v) is 5.85. The first-order chi connectivity index (χ1) is 9.38. The van der Waals surface area contributed by atoms with Gasteiger partial charge in [0.2, 0.25) is 0 Å². The normalized spacial score (nSPS) is 12.2. The van der Waals surface area contributed by atoms with Crippen molar-refractivity contribution in [2.75, 3.05) is 5.73 Å². The molecule has 7 heteroatoms. The highest BCUT2D eigenvalue weighted by atomic mass is 19.4. The summed E-state index contributed by atoms with van der Waals surface area (Å²) in [5.74, 6) is 0.293. The van der Waals surface area contributed by atoms with Crippen LogP contribution in [0, 0.1) is 0 Å². The highest BCUT2D eigenvalue weighted by molar-refractivity contribution is 5.89. The molecule has 1 aromatic carbocycles. The van der Waals surface area contributed by atoms with Gasteiger partial charge in [-0.25, -0.2) is 0 Å². The second kappa shape index (κ2) is 4.03. The van der Waals surface area contributed by atoms with Gasteiger partial charge < -0.3 is 10.3 Å². The highest BCUT2D eigenvalue weighted by Gasteiger charge is 2.33. The minimum atomic E-state index is -4.39. The molecule has 0 radical (unpaired) electrons. The molecule has 3 rings (SSSR count). The van der Waals surface area contributed by atoms with Crippen molar-refractivity contribution in [3.8, 4) is 11.4 Å². The summed E-state index contributed by atoms with van der Waals surface area (Å²) in [6.45, 7) is 0. The number of rotatable bonds is 1. The maximum atomic E-state index is 13.1. The van der Waals surface area contributed by atoms with Crippen LogP contribution >= 0.6 is 0 Å². The Labute approximate surface area is 112 Å². The number of fused-ring (bicyclic) bond motifs is 1. The van der Waals surface area contributed by atoms with E-state index in [1.807, 2.05) is 0 Å². The summed E-state index contributed by atoms with van der Waals surface area (Å²) in [6.07, 6.45) is -4.39. The highest BCUT2D eigenvalue weighted by Crippen LogP contribution is 2.37. The van der Waals surface area contributed by atoms with Crippen LogP contribution in [0.1, 0.15) is 5.56 Å². The Morgan fingerprint density at radius 3 is 2.60 bits per heavy atom. The van der Waals surface area contributed by atoms with E-state index in [2.05, 4.69) is 10.2 Å². The summed E-state index contributed by atoms with van der Waals surface area (Å²) in [7, 11) is 1.59. The molecule has 2 heterocycles. The van der Waals surface area contributed by atoms with Gasteiger partial charge in [0.25, 0.3) is 0 Å². The number of H-pyrrole nitrogens is 1. The van der Waals surface area contributed by atoms with Crippen LogP contribution in [0.4, 0.5) is 19.0 Å². The molecule has 0 unspecified atom stereocenters. The van der Waals surface area contributed by atoms with Crippen LogP contribution in [0.25, 0.3) is 22.3 Å². The van der Waals surface area contributed by atoms with E-state index >= 15 is 0 Å². The topological polar surface area (TPSA) is 59.6 Å². The van der Waals surface area contributed by atoms with Gasteiger partial charge in [0.05, 0.1) is 22.5 Å². The summed E-state index contributed by atoms with van der Waals surface area (Å²) in [4.78, 5) is 0. The van der Waals surface area contributed by atoms with Gasteiger partial charge in [-0.2, -0.15) is 18.3 Å². The quantitative estimate of drug-likeness (QED) is 0.719. The molecule has 20 heavy (non-hydrogen) atoms. The summed E-state index contributed by atoms with van der Waals surface area (Å²) in [5.41, 5.74) is 6.19. The van der Waals surface area contributed by atoms with Crippen LogP contribution < -0.4 is 5.73 Å². The molecule has 0 atom stereocenters. The van der Waals surface area contributed by atoms with E-state index in [0.717, 1.165) is 6.07 Å². The van der Waals surface area contributed by atoms with E-state index in [9.17, 15) is 13.2 Å². The van der Waals surface area contributed by atoms with Gasteiger partial charge in [-0.1, -0.05) is 12.1 Å². The van der Waals surface area contributed by atoms with Crippen molar-refractivity contribution in [2.45, 2.75) is 6.18 Å². The summed E-state index contributed by atoms with van der Waals surface area (Å²) < 4.78 is 40.7. The predicted octanol–water partition coefficient (Wildman–Crippen LogP) is 3.17. The number of nitrogens with two attached hydrogens (primary N) is 1. The number of nitrogen functional groups attached to an aromatic ring is 1. The predicted molar refractivity (Wildman–Crippen MR) is 69.9 cm³/mol. The lowest BCUT2D eigenvalue weighted by Crippen LogP contribution is -2.07. The Morgan fingerprint density at radius 2 is 2.00 bits per heavy atom. The van der Waals surface area contributed by atoms with Crippen molar-refractivity contribution in [1.29, 1.82) is 0 Å². The average Bonchev–Trinajstić information content (AvgIpc) is 2.92. The van der Waals surface area contributed by atoms with Crippen molar-refractivity contribution >= 4 is 16.7 Å². The smallest absolute Gasteiger partial charge is 0.382 e. The van der Waals surface area contributed by atoms with Gasteiger partial charge in [0.15, 0.2) is 0 Å². The average molecular weight is 280 g/mol. The Bertz CT molecular complexity index is 783. The molecule has 0 aliphatic heterocycles. The zero-order chi connectivity index (χ0) is 14.5. The number of aromatic nitrogens is 3. The largest absolute Gasteiger partial charge is 0.418 e. The van der Waals surface area contributed by atoms with Crippen LogP contribution in [0.3, 0.4) is 0 Å². The molecular weight excluding hydrogens is 269 g/mol. The van der Waals surface area contributed by atoms with Crippen LogP contribution in [0.2, 0.25) is 0 Å². The van der Waals surface area contributed by atoms with Gasteiger partial charge in [0.1, 0.15) is 5.82 Å². The van der Waals surface area contributed by atoms with Crippen LogP contribution in [0.15, 0.2) is 30.3 Å². The number of benzene rings is 1. The summed E-state index contributed by atoms with van der Waals surface area (Å²) in [5, 5.41) is 7.02. The molecule has 0 fully saturated rings. The van der Waals surface area contributed by atoms with Gasteiger partial charge in [-0.3, -0.25) is 5.10 Å². The van der Waals surface area contributed by atoms with Crippen molar-refractivity contribution in [3.05, 3.63) is 35.9 Å². The Morgan fingerprint density at radius 1 is 1.25 bits per heavy atom. The van der Waals surface area contributed by atoms with E-state index < -0.39 is 11.7 Å². The Hall–Kier alpha value is -2.44. The lowest BCUT2D eigenvalue weighted by atomic mass is 10.1. The van der Waals surface area contributed by atoms with E-state index in [1.165, 1.54) is 10.6 Å². The minimum absolute atomic E-state index is 0.142. The lowest BCUT2D eigenvalue weighted by Gasteiger charge is -2.10. The zero-order valence-electron chi connectivity index (χ0n) is 10.5. The van der Waals surface area contributed by atoms with Gasteiger partial charge >= 0.3 is 6.18 Å². The van der Waals surface area contributed by atoms with E-state index in [4.69, 9.17) is 5.73 Å². The van der Waals surface area contributed by atoms with Crippen LogP contribution in [-0.2, 0) is 13.2 Å². The fraction of sp³-hybridized carbons (Fsp3) is 0.154. The molecule has 2 aromatic heterocycles. The Balaban J connectivity index is 2.31. The first kappa shape index (κ1) is 12.6. The standard InChI is InChI=1S/C13H11F3N4/c1-20-10(9-6-11(17)19-18-9)5-7-3-2-4-8(12(7)20)13(14,15)16/h2-6H,1H3,(H3,17,18,19). The zero-order valence-corrected chi connectivity index (χ0v) is 10.5. The minimum Gasteiger partial charge on any atom is -0.382 e. The molecule has 0 spiro atoms. The molecule has 3 aromatic rings. The number of anilines is 1. The SMILES string of the molecule is Cn1c(-c2cc(N)n[nH]2)cc2cccc(C(F)(F)F)c21. The van der Waals surface area contributed by atoms with Gasteiger partial charge in [-0.15, -0.1) is 0 Å². The monoisotopic (exact) mass is 280 g/mol. The van der Waals surface area contributed by atoms with Crippen molar-refractivity contribution in [2.24, 2.45) is 7.05 Å². The third-order valence-electron chi connectivity index (χ3n) is 3.24. The molecule has 0 aliphatic rings. The van der Waals surface area contributed by atoms with E-state index in [-0.39, 0.29) is 5.52 Å². The molecule has 0 saturated heterocycles. The molecule has 4 nitrogen and oxygen atoms in total. The van der Waals surface area contributed by atoms with E-state index in [0.29, 0.717) is 22.6 Å². The third kappa shape index (κ3) is 1.82. The van der Waals surface area contributed by atoms with Crippen molar-refractivity contribution < 1.29 is 13.2 Å². The number of halogens is 3. The number of hydrogen-bond donors (Lipinski definition) is 2. The van der Waals surface area contributed by atoms with Crippen LogP contribution in [0.5, 0.6) is 0 Å². The van der Waals surface area contributed by atoms with Crippen molar-refractivity contribution in [1.82, 2.24) is 14.8 Å². The first-order valence-electron chi connectivity index (χ1n) is 5.85. The second-order valence-electron chi connectivity index (χ2n) is 4.54. The molecule has 3 N–H and O–H groups in total. The molecule has 0 aliphatic carbocycles. The van der Waals surface area contributed by atoms with Crippen LogP contribution in [-0.4, -0.2) is 14.8 Å². The molecule has 0 amide bonds. The van der Waals surface area contributed by atoms with Gasteiger partial charge in [-0.05, 0) is 12.1 Å². The number of nitrogens with one attached hydrogen (secondary N) is 1. The second-order valence-corrected chi connectivity index (χ2v) is 4.54. The molecule has 0 saturated carbocycles. The van der Waals surface area contributed by atoms with Gasteiger partial charge in [0, 0.05) is 18.5 Å². The number of para-hydroxylation sites is 1. The number of alkyl halides is 3. The molecular formula is C13H11F3N4. The third-order valence-corrected chi connectivity index (χ3v) is 3.24. The fourth-order valence-corrected chi connectivity index (χ4v) is 2.37. The Kier molecular flexibility index (Phi) is 2.53. The fourth-order valence-electron chi connectivity index (χ4n) is 2.37. The van der Waals surface area contributed by atoms with E-state index in [1.54, 1.807) is 25.2 Å². The molecule has 0 bridgehead atoms. The maximum Gasteiger partial charge on any atom is 0.418 e. The molecule has 104 valence electrons. The number of aryl methyl sites for hydroxylation is 1. The van der Waals surface area contributed by atoms with Crippen molar-refractivity contribution in [3.63, 3.8) is 0 Å². The number of aromatic amines is 1. The summed E-state index contributed by atoms with van der Waals surface area (Å²) >= 11 is 0. The summed E-state index contributed by atoms with van der Waals surface area (Å²) in [6, 6.07) is 7.39. The maximum absolute atomic E-state index is 13.1.